The average molecular weight is 442 g/mol. The van der Waals surface area contributed by atoms with Gasteiger partial charge in [0.2, 0.25) is 0 Å². The van der Waals surface area contributed by atoms with Gasteiger partial charge in [0.05, 0.1) is 11.6 Å². The van der Waals surface area contributed by atoms with Crippen LogP contribution in [0.25, 0.3) is 5.76 Å². The third-order valence-electron chi connectivity index (χ3n) is 4.97. The molecule has 7 heteroatoms. The Balaban J connectivity index is 2.05. The predicted molar refractivity (Wildman–Crippen MR) is 119 cm³/mol. The van der Waals surface area contributed by atoms with E-state index in [9.17, 15) is 14.7 Å². The zero-order chi connectivity index (χ0) is 22.4. The lowest BCUT2D eigenvalue weighted by Gasteiger charge is -2.25. The molecular formula is C24H24ClNO5. The van der Waals surface area contributed by atoms with Crippen LogP contribution in [0.5, 0.6) is 5.75 Å². The minimum absolute atomic E-state index is 0.0458. The molecule has 1 heterocycles. The second kappa shape index (κ2) is 10.3. The summed E-state index contributed by atoms with van der Waals surface area (Å²) in [5, 5.41) is 11.5. The van der Waals surface area contributed by atoms with Gasteiger partial charge in [-0.15, -0.1) is 0 Å². The number of ether oxygens (including phenoxy) is 2. The summed E-state index contributed by atoms with van der Waals surface area (Å²) in [7, 11) is 1.58. The maximum Gasteiger partial charge on any atom is 0.295 e. The number of likely N-dealkylation sites (tertiary alicyclic amines) is 1. The van der Waals surface area contributed by atoms with Crippen molar-refractivity contribution in [2.75, 3.05) is 26.9 Å². The number of benzene rings is 2. The minimum atomic E-state index is -0.721. The average Bonchev–Trinajstić information content (AvgIpc) is 3.03. The normalized spacial score (nSPS) is 17.7. The number of methoxy groups -OCH3 is 1. The van der Waals surface area contributed by atoms with Gasteiger partial charge < -0.3 is 19.5 Å². The molecule has 1 amide bonds. The number of rotatable bonds is 9. The lowest BCUT2D eigenvalue weighted by molar-refractivity contribution is -0.140. The quantitative estimate of drug-likeness (QED) is 0.206. The van der Waals surface area contributed by atoms with Crippen molar-refractivity contribution >= 4 is 29.1 Å². The lowest BCUT2D eigenvalue weighted by atomic mass is 9.95. The summed E-state index contributed by atoms with van der Waals surface area (Å²) in [5.41, 5.74) is 1.15. The zero-order valence-electron chi connectivity index (χ0n) is 17.2. The van der Waals surface area contributed by atoms with Crippen LogP contribution in [0, 0.1) is 0 Å². The molecule has 162 valence electrons. The SMILES string of the molecule is C=CCOc1ccc(C2/C(=C(\O)c3ccc(Cl)cc3)C(=O)C(=O)N2CCCOC)cc1. The van der Waals surface area contributed by atoms with E-state index in [1.807, 2.05) is 0 Å². The van der Waals surface area contributed by atoms with Crippen LogP contribution in [-0.2, 0) is 14.3 Å². The molecule has 0 aliphatic carbocycles. The fourth-order valence-corrected chi connectivity index (χ4v) is 3.63. The molecule has 1 atom stereocenters. The van der Waals surface area contributed by atoms with Crippen LogP contribution < -0.4 is 4.74 Å². The number of amides is 1. The second-order valence-electron chi connectivity index (χ2n) is 7.01. The fraction of sp³-hybridized carbons (Fsp3) is 0.250. The molecule has 1 unspecified atom stereocenters. The van der Waals surface area contributed by atoms with Crippen molar-refractivity contribution < 1.29 is 24.2 Å². The fourth-order valence-electron chi connectivity index (χ4n) is 3.50. The van der Waals surface area contributed by atoms with Crippen LogP contribution >= 0.6 is 11.6 Å². The molecule has 1 aliphatic rings. The van der Waals surface area contributed by atoms with Gasteiger partial charge >= 0.3 is 0 Å². The molecule has 0 aromatic heterocycles. The van der Waals surface area contributed by atoms with Gasteiger partial charge in [0.15, 0.2) is 0 Å². The van der Waals surface area contributed by atoms with Crippen LogP contribution in [0.4, 0.5) is 0 Å². The van der Waals surface area contributed by atoms with Gasteiger partial charge in [-0.25, -0.2) is 0 Å². The summed E-state index contributed by atoms with van der Waals surface area (Å²) in [6, 6.07) is 12.8. The Morgan fingerprint density at radius 3 is 2.45 bits per heavy atom. The Morgan fingerprint density at radius 2 is 1.84 bits per heavy atom. The smallest absolute Gasteiger partial charge is 0.295 e. The number of aliphatic hydroxyl groups excluding tert-OH is 1. The van der Waals surface area contributed by atoms with Crippen molar-refractivity contribution in [1.29, 1.82) is 0 Å². The summed E-state index contributed by atoms with van der Waals surface area (Å²) in [6.45, 7) is 4.75. The Labute approximate surface area is 186 Å². The van der Waals surface area contributed by atoms with Gasteiger partial charge in [0.25, 0.3) is 11.7 Å². The van der Waals surface area contributed by atoms with Gasteiger partial charge in [0.1, 0.15) is 18.1 Å². The molecule has 31 heavy (non-hydrogen) atoms. The van der Waals surface area contributed by atoms with E-state index in [-0.39, 0.29) is 11.3 Å². The molecule has 1 N–H and O–H groups in total. The Kier molecular flexibility index (Phi) is 7.50. The highest BCUT2D eigenvalue weighted by Gasteiger charge is 2.45. The highest BCUT2D eigenvalue weighted by atomic mass is 35.5. The number of carbonyl (C=O) groups is 2. The van der Waals surface area contributed by atoms with Crippen LogP contribution in [0.3, 0.4) is 0 Å². The number of aliphatic hydroxyl groups is 1. The zero-order valence-corrected chi connectivity index (χ0v) is 18.0. The highest BCUT2D eigenvalue weighted by molar-refractivity contribution is 6.46. The third-order valence-corrected chi connectivity index (χ3v) is 5.22. The second-order valence-corrected chi connectivity index (χ2v) is 7.45. The molecule has 1 saturated heterocycles. The van der Waals surface area contributed by atoms with Crippen molar-refractivity contribution in [3.63, 3.8) is 0 Å². The lowest BCUT2D eigenvalue weighted by Crippen LogP contribution is -2.31. The van der Waals surface area contributed by atoms with E-state index in [0.29, 0.717) is 48.1 Å². The molecule has 0 bridgehead atoms. The number of halogens is 1. The van der Waals surface area contributed by atoms with E-state index in [4.69, 9.17) is 21.1 Å². The van der Waals surface area contributed by atoms with Crippen LogP contribution in [-0.4, -0.2) is 48.6 Å². The maximum atomic E-state index is 12.9. The summed E-state index contributed by atoms with van der Waals surface area (Å²) in [5.74, 6) is -0.968. The Morgan fingerprint density at radius 1 is 1.16 bits per heavy atom. The van der Waals surface area contributed by atoms with Crippen molar-refractivity contribution in [3.8, 4) is 5.75 Å². The first-order valence-electron chi connectivity index (χ1n) is 9.85. The van der Waals surface area contributed by atoms with Gasteiger partial charge in [-0.05, 0) is 48.4 Å². The first kappa shape index (κ1) is 22.6. The van der Waals surface area contributed by atoms with Crippen LogP contribution in [0.15, 0.2) is 66.8 Å². The number of hydrogen-bond acceptors (Lipinski definition) is 5. The molecule has 6 nitrogen and oxygen atoms in total. The van der Waals surface area contributed by atoms with Gasteiger partial charge in [0, 0.05) is 30.8 Å². The number of hydrogen-bond donors (Lipinski definition) is 1. The van der Waals surface area contributed by atoms with Gasteiger partial charge in [-0.1, -0.05) is 36.4 Å². The summed E-state index contributed by atoms with van der Waals surface area (Å²) < 4.78 is 10.6. The first-order chi connectivity index (χ1) is 15.0. The summed E-state index contributed by atoms with van der Waals surface area (Å²) >= 11 is 5.94. The molecule has 0 radical (unpaired) electrons. The number of carbonyl (C=O) groups excluding carboxylic acids is 2. The van der Waals surface area contributed by atoms with Crippen molar-refractivity contribution in [2.45, 2.75) is 12.5 Å². The largest absolute Gasteiger partial charge is 0.507 e. The van der Waals surface area contributed by atoms with E-state index >= 15 is 0 Å². The molecular weight excluding hydrogens is 418 g/mol. The molecule has 0 saturated carbocycles. The predicted octanol–water partition coefficient (Wildman–Crippen LogP) is 4.36. The van der Waals surface area contributed by atoms with Gasteiger partial charge in [-0.2, -0.15) is 0 Å². The first-order valence-corrected chi connectivity index (χ1v) is 10.2. The molecule has 2 aromatic rings. The van der Waals surface area contributed by atoms with Crippen molar-refractivity contribution in [3.05, 3.63) is 82.9 Å². The van der Waals surface area contributed by atoms with E-state index < -0.39 is 17.7 Å². The third kappa shape index (κ3) is 4.98. The molecule has 2 aromatic carbocycles. The van der Waals surface area contributed by atoms with E-state index in [1.54, 1.807) is 61.7 Å². The van der Waals surface area contributed by atoms with Gasteiger partial charge in [-0.3, -0.25) is 9.59 Å². The monoisotopic (exact) mass is 441 g/mol. The van der Waals surface area contributed by atoms with E-state index in [0.717, 1.165) is 0 Å². The summed E-state index contributed by atoms with van der Waals surface area (Å²) in [4.78, 5) is 27.2. The topological polar surface area (TPSA) is 76.1 Å². The standard InChI is InChI=1S/C24H24ClNO5/c1-3-14-31-19-11-7-16(8-12-19)21-20(22(27)17-5-9-18(25)10-6-17)23(28)24(29)26(21)13-4-15-30-2/h3,5-12,21,27H,1,4,13-15H2,2H3/b22-20+. The van der Waals surface area contributed by atoms with E-state index in [2.05, 4.69) is 6.58 Å². The molecule has 1 aliphatic heterocycles. The molecule has 3 rings (SSSR count). The Hall–Kier alpha value is -3.09. The van der Waals surface area contributed by atoms with Crippen molar-refractivity contribution in [2.24, 2.45) is 0 Å². The number of ketones is 1. The van der Waals surface area contributed by atoms with Crippen LogP contribution in [0.1, 0.15) is 23.6 Å². The molecule has 1 fully saturated rings. The molecule has 0 spiro atoms. The van der Waals surface area contributed by atoms with Crippen LogP contribution in [0.2, 0.25) is 5.02 Å². The minimum Gasteiger partial charge on any atom is -0.507 e. The Bertz CT molecular complexity index is 982. The maximum absolute atomic E-state index is 12.9. The number of nitrogens with zero attached hydrogens (tertiary/aromatic N) is 1. The van der Waals surface area contributed by atoms with Crippen molar-refractivity contribution in [1.82, 2.24) is 4.90 Å². The highest BCUT2D eigenvalue weighted by Crippen LogP contribution is 2.40. The summed E-state index contributed by atoms with van der Waals surface area (Å²) in [6.07, 6.45) is 2.20. The van der Waals surface area contributed by atoms with E-state index in [1.165, 1.54) is 4.90 Å². The number of Topliss-reactive ketones (excluding diaryl/α,β-unsaturated/α-hetero) is 1.